The molecule has 0 radical (unpaired) electrons. The second kappa shape index (κ2) is 8.90. The maximum absolute atomic E-state index is 13.3. The Balaban J connectivity index is 1.74. The largest absolute Gasteiger partial charge is 0.503 e. The summed E-state index contributed by atoms with van der Waals surface area (Å²) >= 11 is 3.44. The fraction of sp³-hybridized carbons (Fsp3) is 0.154. The Morgan fingerprint density at radius 3 is 2.29 bits per heavy atom. The molecule has 3 aromatic carbocycles. The van der Waals surface area contributed by atoms with Crippen LogP contribution in [0.5, 0.6) is 0 Å². The zero-order valence-corrected chi connectivity index (χ0v) is 18.7. The molecule has 1 heterocycles. The Morgan fingerprint density at radius 1 is 0.968 bits per heavy atom. The molecule has 156 valence electrons. The number of benzene rings is 3. The van der Waals surface area contributed by atoms with Gasteiger partial charge >= 0.3 is 0 Å². The molecule has 0 saturated carbocycles. The van der Waals surface area contributed by atoms with E-state index in [1.807, 2.05) is 85.8 Å². The number of aliphatic hydroxyl groups excluding tert-OH is 1. The van der Waals surface area contributed by atoms with E-state index in [1.165, 1.54) is 4.90 Å². The highest BCUT2D eigenvalue weighted by Crippen LogP contribution is 2.42. The predicted molar refractivity (Wildman–Crippen MR) is 125 cm³/mol. The Morgan fingerprint density at radius 2 is 1.61 bits per heavy atom. The van der Waals surface area contributed by atoms with Crippen LogP contribution >= 0.6 is 15.9 Å². The fourth-order valence-corrected chi connectivity index (χ4v) is 4.23. The van der Waals surface area contributed by atoms with Crippen molar-refractivity contribution in [3.63, 3.8) is 0 Å². The van der Waals surface area contributed by atoms with Gasteiger partial charge in [0, 0.05) is 16.6 Å². The first-order valence-corrected chi connectivity index (χ1v) is 10.9. The molecule has 0 fully saturated rings. The number of nitrogens with zero attached hydrogens (tertiary/aromatic N) is 1. The van der Waals surface area contributed by atoms with Crippen LogP contribution in [0.3, 0.4) is 0 Å². The summed E-state index contributed by atoms with van der Waals surface area (Å²) in [5.41, 5.74) is 3.54. The number of anilines is 1. The van der Waals surface area contributed by atoms with Crippen LogP contribution in [0, 0.1) is 6.92 Å². The van der Waals surface area contributed by atoms with Gasteiger partial charge in [-0.05, 0) is 48.2 Å². The van der Waals surface area contributed by atoms with Gasteiger partial charge in [-0.2, -0.15) is 0 Å². The van der Waals surface area contributed by atoms with Crippen LogP contribution in [0.2, 0.25) is 0 Å². The molecule has 1 aliphatic heterocycles. The Kier molecular flexibility index (Phi) is 6.05. The molecule has 1 aliphatic rings. The highest BCUT2D eigenvalue weighted by Gasteiger charge is 2.44. The number of rotatable bonds is 6. The second-order valence-corrected chi connectivity index (χ2v) is 8.50. The molecule has 1 N–H and O–H groups in total. The summed E-state index contributed by atoms with van der Waals surface area (Å²) in [7, 11) is 0. The van der Waals surface area contributed by atoms with E-state index < -0.39 is 17.7 Å². The normalized spacial score (nSPS) is 16.1. The lowest BCUT2D eigenvalue weighted by Crippen LogP contribution is -2.31. The zero-order chi connectivity index (χ0) is 22.0. The van der Waals surface area contributed by atoms with Crippen LogP contribution in [0.1, 0.15) is 29.2 Å². The summed E-state index contributed by atoms with van der Waals surface area (Å²) in [6.45, 7) is 1.91. The number of amides is 1. The minimum absolute atomic E-state index is 0.159. The summed E-state index contributed by atoms with van der Waals surface area (Å²) in [6, 6.07) is 24.0. The molecule has 1 atom stereocenters. The van der Waals surface area contributed by atoms with Crippen molar-refractivity contribution in [1.29, 1.82) is 0 Å². The summed E-state index contributed by atoms with van der Waals surface area (Å²) < 4.78 is 0.896. The minimum Gasteiger partial charge on any atom is -0.503 e. The molecule has 1 amide bonds. The van der Waals surface area contributed by atoms with Crippen molar-refractivity contribution in [2.75, 3.05) is 4.90 Å². The Bertz CT molecular complexity index is 1150. The Hall–Kier alpha value is -3.18. The molecule has 3 aromatic rings. The van der Waals surface area contributed by atoms with E-state index in [0.29, 0.717) is 12.1 Å². The number of hydrogen-bond acceptors (Lipinski definition) is 3. The van der Waals surface area contributed by atoms with Crippen LogP contribution < -0.4 is 4.90 Å². The molecule has 31 heavy (non-hydrogen) atoms. The third-order valence-corrected chi connectivity index (χ3v) is 6.08. The van der Waals surface area contributed by atoms with E-state index in [0.717, 1.165) is 21.2 Å². The van der Waals surface area contributed by atoms with Crippen LogP contribution in [0.25, 0.3) is 0 Å². The fourth-order valence-electron chi connectivity index (χ4n) is 3.97. The van der Waals surface area contributed by atoms with Crippen molar-refractivity contribution in [2.24, 2.45) is 0 Å². The van der Waals surface area contributed by atoms with E-state index in [1.54, 1.807) is 0 Å². The maximum Gasteiger partial charge on any atom is 0.294 e. The van der Waals surface area contributed by atoms with Gasteiger partial charge in [0.05, 0.1) is 11.6 Å². The van der Waals surface area contributed by atoms with Crippen molar-refractivity contribution >= 4 is 33.3 Å². The van der Waals surface area contributed by atoms with Crippen LogP contribution in [0.15, 0.2) is 94.7 Å². The molecular weight excluding hydrogens is 454 g/mol. The molecular formula is C26H22BrNO3. The number of hydrogen-bond donors (Lipinski definition) is 1. The molecule has 0 saturated heterocycles. The minimum atomic E-state index is -0.676. The lowest BCUT2D eigenvalue weighted by molar-refractivity contribution is -0.118. The van der Waals surface area contributed by atoms with Gasteiger partial charge in [0.25, 0.3) is 5.91 Å². The van der Waals surface area contributed by atoms with Crippen molar-refractivity contribution < 1.29 is 14.7 Å². The monoisotopic (exact) mass is 475 g/mol. The first-order chi connectivity index (χ1) is 15.0. The van der Waals surface area contributed by atoms with E-state index in [9.17, 15) is 14.7 Å². The summed E-state index contributed by atoms with van der Waals surface area (Å²) in [5.74, 6) is -1.24. The average Bonchev–Trinajstić information content (AvgIpc) is 3.04. The number of aliphatic hydroxyl groups is 1. The number of ketones is 1. The van der Waals surface area contributed by atoms with Gasteiger partial charge in [-0.1, -0.05) is 76.6 Å². The van der Waals surface area contributed by atoms with E-state index in [2.05, 4.69) is 15.9 Å². The quantitative estimate of drug-likeness (QED) is 0.485. The van der Waals surface area contributed by atoms with Crippen molar-refractivity contribution in [2.45, 2.75) is 25.8 Å². The third kappa shape index (κ3) is 4.19. The topological polar surface area (TPSA) is 57.6 Å². The van der Waals surface area contributed by atoms with Gasteiger partial charge in [-0.25, -0.2) is 0 Å². The smallest absolute Gasteiger partial charge is 0.294 e. The van der Waals surface area contributed by atoms with Gasteiger partial charge in [-0.15, -0.1) is 0 Å². The summed E-state index contributed by atoms with van der Waals surface area (Å²) in [5, 5.41) is 10.8. The average molecular weight is 476 g/mol. The number of halogens is 1. The molecule has 4 nitrogen and oxygen atoms in total. The number of aryl methyl sites for hydroxylation is 2. The third-order valence-electron chi connectivity index (χ3n) is 5.55. The van der Waals surface area contributed by atoms with Crippen LogP contribution in [-0.4, -0.2) is 16.8 Å². The van der Waals surface area contributed by atoms with Gasteiger partial charge in [0.2, 0.25) is 0 Å². The lowest BCUT2D eigenvalue weighted by Gasteiger charge is -2.28. The first kappa shape index (κ1) is 21.1. The van der Waals surface area contributed by atoms with Crippen LogP contribution in [0.4, 0.5) is 5.69 Å². The number of carbonyl (C=O) groups excluding carboxylic acids is 2. The highest BCUT2D eigenvalue weighted by molar-refractivity contribution is 9.10. The summed E-state index contributed by atoms with van der Waals surface area (Å²) in [4.78, 5) is 28.0. The van der Waals surface area contributed by atoms with Gasteiger partial charge in [0.1, 0.15) is 0 Å². The molecule has 4 rings (SSSR count). The molecule has 0 spiro atoms. The number of para-hydroxylation sites is 1. The molecule has 0 aliphatic carbocycles. The highest BCUT2D eigenvalue weighted by atomic mass is 79.9. The first-order valence-electron chi connectivity index (χ1n) is 10.1. The molecule has 5 heteroatoms. The van der Waals surface area contributed by atoms with Gasteiger partial charge < -0.3 is 5.11 Å². The number of carbonyl (C=O) groups is 2. The number of Topliss-reactive ketones (excluding diaryl/α,β-unsaturated/α-hetero) is 1. The maximum atomic E-state index is 13.3. The predicted octanol–water partition coefficient (Wildman–Crippen LogP) is 5.86. The molecule has 0 bridgehead atoms. The van der Waals surface area contributed by atoms with E-state index >= 15 is 0 Å². The van der Waals surface area contributed by atoms with Gasteiger partial charge in [0.15, 0.2) is 11.5 Å². The zero-order valence-electron chi connectivity index (χ0n) is 17.1. The standard InChI is InChI=1S/C26H22BrNO3/c1-17-7-5-6-10-21(17)28-24(19-12-14-20(27)15-13-19)23(25(30)26(28)31)22(29)16-11-18-8-3-2-4-9-18/h2-10,12-15,24,30H,11,16H2,1H3. The SMILES string of the molecule is Cc1ccccc1N1C(=O)C(O)=C(C(=O)CCc2ccccc2)C1c1ccc(Br)cc1. The summed E-state index contributed by atoms with van der Waals surface area (Å²) in [6.07, 6.45) is 0.757. The van der Waals surface area contributed by atoms with Crippen molar-refractivity contribution in [3.05, 3.63) is 111 Å². The Labute approximate surface area is 190 Å². The van der Waals surface area contributed by atoms with Crippen molar-refractivity contribution in [1.82, 2.24) is 0 Å². The molecule has 0 aromatic heterocycles. The van der Waals surface area contributed by atoms with Gasteiger partial charge in [-0.3, -0.25) is 14.5 Å². The van der Waals surface area contributed by atoms with Crippen molar-refractivity contribution in [3.8, 4) is 0 Å². The van der Waals surface area contributed by atoms with E-state index in [4.69, 9.17) is 0 Å². The van der Waals surface area contributed by atoms with E-state index in [-0.39, 0.29) is 17.8 Å². The van der Waals surface area contributed by atoms with Crippen LogP contribution in [-0.2, 0) is 16.0 Å². The molecule has 1 unspecified atom stereocenters. The lowest BCUT2D eigenvalue weighted by atomic mass is 9.93. The second-order valence-electron chi connectivity index (χ2n) is 7.59.